The number of hydrogen-bond acceptors (Lipinski definition) is 3. The molecule has 0 aliphatic carbocycles. The van der Waals surface area contributed by atoms with E-state index in [4.69, 9.17) is 11.6 Å². The number of nitrogens with zero attached hydrogens (tertiary/aromatic N) is 2. The van der Waals surface area contributed by atoms with Gasteiger partial charge >= 0.3 is 0 Å². The Morgan fingerprint density at radius 3 is 2.82 bits per heavy atom. The highest BCUT2D eigenvalue weighted by atomic mass is 35.5. The van der Waals surface area contributed by atoms with Crippen LogP contribution in [-0.2, 0) is 4.79 Å². The Hall–Kier alpha value is -1.79. The maximum atomic E-state index is 11.8. The molecule has 0 radical (unpaired) electrons. The summed E-state index contributed by atoms with van der Waals surface area (Å²) in [6.07, 6.45) is 3.24. The molecule has 28 heavy (non-hydrogen) atoms. The van der Waals surface area contributed by atoms with Crippen LogP contribution in [0.2, 0.25) is 5.02 Å². The Morgan fingerprint density at radius 1 is 1.29 bits per heavy atom. The van der Waals surface area contributed by atoms with E-state index in [-0.39, 0.29) is 12.5 Å². The molecule has 7 heteroatoms. The average Bonchev–Trinajstić information content (AvgIpc) is 2.68. The summed E-state index contributed by atoms with van der Waals surface area (Å²) in [6.45, 7) is 7.52. The third kappa shape index (κ3) is 6.99. The van der Waals surface area contributed by atoms with Gasteiger partial charge < -0.3 is 16.0 Å². The molecule has 2 atom stereocenters. The number of likely N-dealkylation sites (tertiary alicyclic amines) is 1. The Balaban J connectivity index is 2.02. The van der Waals surface area contributed by atoms with Gasteiger partial charge in [-0.3, -0.25) is 9.69 Å². The van der Waals surface area contributed by atoms with Gasteiger partial charge in [0.25, 0.3) is 0 Å². The smallest absolute Gasteiger partial charge is 0.241 e. The summed E-state index contributed by atoms with van der Waals surface area (Å²) in [5, 5.41) is 10.3. The third-order valence-electron chi connectivity index (χ3n) is 5.03. The third-order valence-corrected chi connectivity index (χ3v) is 5.26. The van der Waals surface area contributed by atoms with Crippen molar-refractivity contribution in [2.24, 2.45) is 10.9 Å². The van der Waals surface area contributed by atoms with Crippen LogP contribution in [0.25, 0.3) is 0 Å². The first-order valence-corrected chi connectivity index (χ1v) is 10.7. The second-order valence-corrected chi connectivity index (χ2v) is 7.75. The Labute approximate surface area is 174 Å². The first-order chi connectivity index (χ1) is 13.5. The number of guanidine groups is 1. The molecule has 0 bridgehead atoms. The van der Waals surface area contributed by atoms with E-state index in [1.807, 2.05) is 26.0 Å². The minimum Gasteiger partial charge on any atom is -0.357 e. The molecule has 1 aliphatic rings. The van der Waals surface area contributed by atoms with Gasteiger partial charge in [-0.1, -0.05) is 30.7 Å². The summed E-state index contributed by atoms with van der Waals surface area (Å²) in [4.78, 5) is 18.7. The Morgan fingerprint density at radius 2 is 2.11 bits per heavy atom. The van der Waals surface area contributed by atoms with Crippen LogP contribution in [-0.4, -0.2) is 56.5 Å². The first-order valence-electron chi connectivity index (χ1n) is 10.3. The molecule has 1 aromatic rings. The topological polar surface area (TPSA) is 68.8 Å². The van der Waals surface area contributed by atoms with Crippen LogP contribution in [0.3, 0.4) is 0 Å². The van der Waals surface area contributed by atoms with Gasteiger partial charge in [-0.05, 0) is 63.4 Å². The van der Waals surface area contributed by atoms with Crippen LogP contribution in [0.1, 0.15) is 44.7 Å². The number of rotatable bonds is 8. The normalized spacial score (nSPS) is 20.6. The van der Waals surface area contributed by atoms with E-state index in [0.717, 1.165) is 37.5 Å². The molecule has 1 aromatic carbocycles. The predicted molar refractivity (Wildman–Crippen MR) is 117 cm³/mol. The molecule has 156 valence electrons. The van der Waals surface area contributed by atoms with Gasteiger partial charge in [0.2, 0.25) is 5.91 Å². The summed E-state index contributed by atoms with van der Waals surface area (Å²) in [7, 11) is 2.18. The number of aliphatic imine (C=N–C) groups is 1. The molecule has 6 nitrogen and oxygen atoms in total. The first kappa shape index (κ1) is 22.5. The van der Waals surface area contributed by atoms with Gasteiger partial charge in [0.1, 0.15) is 6.54 Å². The standard InChI is InChI=1S/C21H34ClN5O/c1-4-11-24-19(28)15-26-21(23-5-2)25-14-17-9-7-12-27(3)20(17)16-8-6-10-18(22)13-16/h6,8,10,13,17,20H,4-5,7,9,11-12,14-15H2,1-3H3,(H,24,28)(H2,23,25,26). The minimum atomic E-state index is -0.0479. The van der Waals surface area contributed by atoms with E-state index in [9.17, 15) is 4.79 Å². The van der Waals surface area contributed by atoms with Gasteiger partial charge in [0, 0.05) is 30.7 Å². The molecule has 1 heterocycles. The molecule has 1 aliphatic heterocycles. The van der Waals surface area contributed by atoms with Gasteiger partial charge in [-0.2, -0.15) is 0 Å². The van der Waals surface area contributed by atoms with Crippen LogP contribution in [0.15, 0.2) is 29.3 Å². The van der Waals surface area contributed by atoms with Crippen LogP contribution < -0.4 is 16.0 Å². The molecular formula is C21H34ClN5O. The molecule has 1 saturated heterocycles. The van der Waals surface area contributed by atoms with Gasteiger partial charge in [0.15, 0.2) is 5.96 Å². The number of piperidine rings is 1. The molecular weight excluding hydrogens is 374 g/mol. The fourth-order valence-corrected chi connectivity index (χ4v) is 3.93. The summed E-state index contributed by atoms with van der Waals surface area (Å²) < 4.78 is 0. The number of benzene rings is 1. The second-order valence-electron chi connectivity index (χ2n) is 7.31. The summed E-state index contributed by atoms with van der Waals surface area (Å²) in [5.74, 6) is 1.08. The average molecular weight is 408 g/mol. The highest BCUT2D eigenvalue weighted by molar-refractivity contribution is 6.30. The fraction of sp³-hybridized carbons (Fsp3) is 0.619. The monoisotopic (exact) mass is 407 g/mol. The minimum absolute atomic E-state index is 0.0479. The molecule has 3 N–H and O–H groups in total. The van der Waals surface area contributed by atoms with Crippen LogP contribution in [0.5, 0.6) is 0 Å². The maximum absolute atomic E-state index is 11.8. The summed E-state index contributed by atoms with van der Waals surface area (Å²) in [5.41, 5.74) is 1.25. The Bertz CT molecular complexity index is 651. The molecule has 0 aromatic heterocycles. The molecule has 2 unspecified atom stereocenters. The number of amides is 1. The fourth-order valence-electron chi connectivity index (χ4n) is 3.73. The van der Waals surface area contributed by atoms with E-state index >= 15 is 0 Å². The highest BCUT2D eigenvalue weighted by Crippen LogP contribution is 2.35. The lowest BCUT2D eigenvalue weighted by Crippen LogP contribution is -2.45. The number of halogens is 1. The van der Waals surface area contributed by atoms with Crippen LogP contribution in [0, 0.1) is 5.92 Å². The van der Waals surface area contributed by atoms with E-state index in [0.29, 0.717) is 24.5 Å². The van der Waals surface area contributed by atoms with Crippen molar-refractivity contribution in [3.63, 3.8) is 0 Å². The van der Waals surface area contributed by atoms with Crippen molar-refractivity contribution in [3.8, 4) is 0 Å². The molecule has 2 rings (SSSR count). The van der Waals surface area contributed by atoms with E-state index in [1.165, 1.54) is 12.0 Å². The van der Waals surface area contributed by atoms with Crippen molar-refractivity contribution in [3.05, 3.63) is 34.9 Å². The van der Waals surface area contributed by atoms with Crippen LogP contribution in [0.4, 0.5) is 0 Å². The van der Waals surface area contributed by atoms with Crippen molar-refractivity contribution < 1.29 is 4.79 Å². The molecule has 0 spiro atoms. The molecule has 0 saturated carbocycles. The number of hydrogen-bond donors (Lipinski definition) is 3. The largest absolute Gasteiger partial charge is 0.357 e. The molecule has 1 fully saturated rings. The highest BCUT2D eigenvalue weighted by Gasteiger charge is 2.30. The van der Waals surface area contributed by atoms with E-state index < -0.39 is 0 Å². The van der Waals surface area contributed by atoms with E-state index in [1.54, 1.807) is 0 Å². The van der Waals surface area contributed by atoms with Crippen LogP contribution >= 0.6 is 11.6 Å². The quantitative estimate of drug-likeness (QED) is 0.458. The number of carbonyl (C=O) groups is 1. The van der Waals surface area contributed by atoms with Gasteiger partial charge in [-0.25, -0.2) is 4.99 Å². The SMILES string of the molecule is CCCNC(=O)CN=C(NCC)NCC1CCCN(C)C1c1cccc(Cl)c1. The van der Waals surface area contributed by atoms with Crippen molar-refractivity contribution >= 4 is 23.5 Å². The van der Waals surface area contributed by atoms with E-state index in [2.05, 4.69) is 45.0 Å². The zero-order valence-corrected chi connectivity index (χ0v) is 18.1. The van der Waals surface area contributed by atoms with Gasteiger partial charge in [0.05, 0.1) is 0 Å². The summed E-state index contributed by atoms with van der Waals surface area (Å²) in [6, 6.07) is 8.47. The van der Waals surface area contributed by atoms with Crippen molar-refractivity contribution in [1.82, 2.24) is 20.9 Å². The number of carbonyl (C=O) groups excluding carboxylic acids is 1. The van der Waals surface area contributed by atoms with Crippen molar-refractivity contribution in [2.75, 3.05) is 39.8 Å². The van der Waals surface area contributed by atoms with Crippen molar-refractivity contribution in [1.29, 1.82) is 0 Å². The maximum Gasteiger partial charge on any atom is 0.241 e. The van der Waals surface area contributed by atoms with Crippen molar-refractivity contribution in [2.45, 2.75) is 39.2 Å². The van der Waals surface area contributed by atoms with Gasteiger partial charge in [-0.15, -0.1) is 0 Å². The zero-order valence-electron chi connectivity index (χ0n) is 17.3. The lowest BCUT2D eigenvalue weighted by Gasteiger charge is -2.40. The Kier molecular flexibility index (Phi) is 9.58. The summed E-state index contributed by atoms with van der Waals surface area (Å²) >= 11 is 6.23. The lowest BCUT2D eigenvalue weighted by molar-refractivity contribution is -0.119. The zero-order chi connectivity index (χ0) is 20.4. The second kappa shape index (κ2) is 11.9. The molecule has 1 amide bonds. The lowest BCUT2D eigenvalue weighted by atomic mass is 9.85. The number of nitrogens with one attached hydrogen (secondary N) is 3. The predicted octanol–water partition coefficient (Wildman–Crippen LogP) is 2.80.